The van der Waals surface area contributed by atoms with Gasteiger partial charge < -0.3 is 0 Å². The number of aryl methyl sites for hydroxylation is 1. The van der Waals surface area contributed by atoms with Gasteiger partial charge in [0, 0.05) is 0 Å². The van der Waals surface area contributed by atoms with Gasteiger partial charge in [0.25, 0.3) is 0 Å². The SMILES string of the molecule is CC.CC.CCc1ccccc1.F.F.c1ccccc1. The van der Waals surface area contributed by atoms with Crippen molar-refractivity contribution in [2.45, 2.75) is 41.0 Å². The average Bonchev–Trinajstić information content (AvgIpc) is 2.54. The van der Waals surface area contributed by atoms with Gasteiger partial charge in [-0.05, 0) is 12.0 Å². The van der Waals surface area contributed by atoms with Crippen LogP contribution in [0, 0.1) is 0 Å². The third-order valence-corrected chi connectivity index (χ3v) is 1.92. The molecule has 2 heteroatoms. The molecule has 0 saturated heterocycles. The standard InChI is InChI=1S/C8H10.C6H6.2C2H6.2FH/c1-2-8-6-4-3-5-7-8;1-2-4-6-5-3-1;2*1-2;;/h3-7H,2H2,1H3;1-6H;2*1-2H3;2*1H. The van der Waals surface area contributed by atoms with Gasteiger partial charge in [0.2, 0.25) is 0 Å². The number of hydrogen-bond acceptors (Lipinski definition) is 0. The molecule has 2 aromatic rings. The normalized spacial score (nSPS) is 6.65. The second kappa shape index (κ2) is 26.0. The smallest absolute Gasteiger partial charge is 0.0307 e. The summed E-state index contributed by atoms with van der Waals surface area (Å²) in [5.74, 6) is 0. The molecule has 116 valence electrons. The molecule has 0 radical (unpaired) electrons. The van der Waals surface area contributed by atoms with Crippen LogP contribution in [0.3, 0.4) is 0 Å². The first-order valence-corrected chi connectivity index (χ1v) is 6.97. The molecule has 0 bridgehead atoms. The molecule has 0 aliphatic carbocycles. The quantitative estimate of drug-likeness (QED) is 0.577. The van der Waals surface area contributed by atoms with E-state index in [4.69, 9.17) is 0 Å². The first-order chi connectivity index (χ1) is 8.93. The Labute approximate surface area is 123 Å². The summed E-state index contributed by atoms with van der Waals surface area (Å²) < 4.78 is 0. The summed E-state index contributed by atoms with van der Waals surface area (Å²) in [6, 6.07) is 22.5. The molecule has 2 aromatic carbocycles. The van der Waals surface area contributed by atoms with Gasteiger partial charge in [-0.25, -0.2) is 0 Å². The molecule has 0 saturated carbocycles. The van der Waals surface area contributed by atoms with Gasteiger partial charge >= 0.3 is 0 Å². The van der Waals surface area contributed by atoms with Crippen molar-refractivity contribution >= 4 is 0 Å². The Bertz CT molecular complexity index is 293. The highest BCUT2D eigenvalue weighted by Crippen LogP contribution is 1.96. The van der Waals surface area contributed by atoms with E-state index in [2.05, 4.69) is 31.2 Å². The fraction of sp³-hybridized carbons (Fsp3) is 0.333. The molecule has 0 aliphatic heterocycles. The van der Waals surface area contributed by atoms with Crippen LogP contribution < -0.4 is 0 Å². The summed E-state index contributed by atoms with van der Waals surface area (Å²) in [7, 11) is 0. The zero-order valence-corrected chi connectivity index (χ0v) is 13.4. The number of benzene rings is 2. The van der Waals surface area contributed by atoms with E-state index in [0.717, 1.165) is 6.42 Å². The Morgan fingerprint density at radius 1 is 0.550 bits per heavy atom. The Kier molecular flexibility index (Phi) is 34.8. The van der Waals surface area contributed by atoms with Crippen LogP contribution in [0.15, 0.2) is 66.7 Å². The highest BCUT2D eigenvalue weighted by Gasteiger charge is 1.79. The van der Waals surface area contributed by atoms with Gasteiger partial charge in [-0.15, -0.1) is 0 Å². The minimum atomic E-state index is 0. The predicted octanol–water partition coefficient (Wildman–Crippen LogP) is 6.29. The van der Waals surface area contributed by atoms with Gasteiger partial charge in [-0.2, -0.15) is 0 Å². The van der Waals surface area contributed by atoms with Gasteiger partial charge in [0.05, 0.1) is 0 Å². The summed E-state index contributed by atoms with van der Waals surface area (Å²) in [6.45, 7) is 10.2. The predicted molar refractivity (Wildman–Crippen MR) is 90.0 cm³/mol. The van der Waals surface area contributed by atoms with Crippen LogP contribution in [-0.2, 0) is 6.42 Å². The number of rotatable bonds is 1. The van der Waals surface area contributed by atoms with Crippen molar-refractivity contribution in [3.63, 3.8) is 0 Å². The summed E-state index contributed by atoms with van der Waals surface area (Å²) in [5.41, 5.74) is 1.41. The molecule has 0 fully saturated rings. The van der Waals surface area contributed by atoms with Crippen LogP contribution in [0.25, 0.3) is 0 Å². The molecule has 0 spiro atoms. The molecule has 0 atom stereocenters. The molecule has 2 rings (SSSR count). The maximum Gasteiger partial charge on any atom is -0.0307 e. The van der Waals surface area contributed by atoms with Crippen molar-refractivity contribution in [3.8, 4) is 0 Å². The second-order valence-corrected chi connectivity index (χ2v) is 2.99. The summed E-state index contributed by atoms with van der Waals surface area (Å²) in [4.78, 5) is 0. The van der Waals surface area contributed by atoms with Crippen molar-refractivity contribution in [2.75, 3.05) is 0 Å². The van der Waals surface area contributed by atoms with Crippen LogP contribution >= 0.6 is 0 Å². The molecule has 0 nitrogen and oxygen atoms in total. The lowest BCUT2D eigenvalue weighted by Gasteiger charge is -1.89. The molecule has 0 aromatic heterocycles. The maximum absolute atomic E-state index is 2.16. The first-order valence-electron chi connectivity index (χ1n) is 6.97. The van der Waals surface area contributed by atoms with E-state index in [1.807, 2.05) is 70.2 Å². The van der Waals surface area contributed by atoms with E-state index in [9.17, 15) is 0 Å². The van der Waals surface area contributed by atoms with Crippen LogP contribution in [0.1, 0.15) is 40.2 Å². The van der Waals surface area contributed by atoms with Gasteiger partial charge in [-0.3, -0.25) is 9.41 Å². The minimum Gasteiger partial charge on any atom is -0.269 e. The van der Waals surface area contributed by atoms with Crippen LogP contribution in [0.4, 0.5) is 9.41 Å². The molecule has 0 amide bonds. The van der Waals surface area contributed by atoms with E-state index >= 15 is 0 Å². The highest BCUT2D eigenvalue weighted by atomic mass is 19.0. The lowest BCUT2D eigenvalue weighted by Crippen LogP contribution is -1.73. The van der Waals surface area contributed by atoms with E-state index in [1.165, 1.54) is 5.56 Å². The molecular formula is C18H30F2. The zero-order chi connectivity index (χ0) is 14.1. The lowest BCUT2D eigenvalue weighted by atomic mass is 10.2. The summed E-state index contributed by atoms with van der Waals surface area (Å²) in [5, 5.41) is 0. The van der Waals surface area contributed by atoms with E-state index in [1.54, 1.807) is 0 Å². The Morgan fingerprint density at radius 3 is 1.00 bits per heavy atom. The van der Waals surface area contributed by atoms with Crippen molar-refractivity contribution in [3.05, 3.63) is 72.3 Å². The topological polar surface area (TPSA) is 0 Å². The van der Waals surface area contributed by atoms with Gasteiger partial charge in [-0.1, -0.05) is 101 Å². The lowest BCUT2D eigenvalue weighted by molar-refractivity contribution is 1.11. The maximum atomic E-state index is 2.16. The van der Waals surface area contributed by atoms with Crippen LogP contribution in [-0.4, -0.2) is 0 Å². The number of hydrogen-bond donors (Lipinski definition) is 0. The minimum absolute atomic E-state index is 0. The van der Waals surface area contributed by atoms with Gasteiger partial charge in [0.1, 0.15) is 0 Å². The molecule has 0 aliphatic rings. The monoisotopic (exact) mass is 284 g/mol. The van der Waals surface area contributed by atoms with Crippen molar-refractivity contribution in [1.29, 1.82) is 0 Å². The van der Waals surface area contributed by atoms with Crippen molar-refractivity contribution < 1.29 is 9.41 Å². The molecular weight excluding hydrogens is 254 g/mol. The van der Waals surface area contributed by atoms with Crippen LogP contribution in [0.5, 0.6) is 0 Å². The largest absolute Gasteiger partial charge is 0.269 e. The van der Waals surface area contributed by atoms with Gasteiger partial charge in [0.15, 0.2) is 0 Å². The van der Waals surface area contributed by atoms with Crippen LogP contribution in [0.2, 0.25) is 0 Å². The first kappa shape index (κ1) is 26.8. The molecule has 0 unspecified atom stereocenters. The third-order valence-electron chi connectivity index (χ3n) is 1.92. The van der Waals surface area contributed by atoms with Crippen molar-refractivity contribution in [1.82, 2.24) is 0 Å². The van der Waals surface area contributed by atoms with Crippen molar-refractivity contribution in [2.24, 2.45) is 0 Å². The summed E-state index contributed by atoms with van der Waals surface area (Å²) in [6.07, 6.45) is 1.14. The fourth-order valence-electron chi connectivity index (χ4n) is 1.10. The molecule has 20 heavy (non-hydrogen) atoms. The highest BCUT2D eigenvalue weighted by molar-refractivity contribution is 5.13. The number of halogens is 2. The Balaban J connectivity index is -0.0000000965. The Hall–Kier alpha value is -1.70. The fourth-order valence-corrected chi connectivity index (χ4v) is 1.10. The van der Waals surface area contributed by atoms with E-state index in [0.29, 0.717) is 0 Å². The second-order valence-electron chi connectivity index (χ2n) is 2.99. The van der Waals surface area contributed by atoms with E-state index in [-0.39, 0.29) is 9.41 Å². The molecule has 0 N–H and O–H groups in total. The Morgan fingerprint density at radius 2 is 0.800 bits per heavy atom. The average molecular weight is 284 g/mol. The summed E-state index contributed by atoms with van der Waals surface area (Å²) >= 11 is 0. The zero-order valence-electron chi connectivity index (χ0n) is 13.4. The van der Waals surface area contributed by atoms with E-state index < -0.39 is 0 Å². The third kappa shape index (κ3) is 18.7. The molecule has 0 heterocycles.